The number of rotatable bonds is 4. The Morgan fingerprint density at radius 2 is 1.56 bits per heavy atom. The average molecular weight is 254 g/mol. The van der Waals surface area contributed by atoms with E-state index in [1.165, 1.54) is 20.0 Å². The summed E-state index contributed by atoms with van der Waals surface area (Å²) in [5.74, 6) is 1.16. The molecule has 18 heavy (non-hydrogen) atoms. The minimum atomic E-state index is -0.499. The van der Waals surface area contributed by atoms with Gasteiger partial charge in [-0.25, -0.2) is 0 Å². The molecule has 0 radical (unpaired) electrons. The highest BCUT2D eigenvalue weighted by molar-refractivity contribution is 5.72. The lowest BCUT2D eigenvalue weighted by atomic mass is 9.67. The number of hydrogen-bond donors (Lipinski definition) is 1. The summed E-state index contributed by atoms with van der Waals surface area (Å²) in [7, 11) is 1.46. The van der Waals surface area contributed by atoms with E-state index in [0.717, 1.165) is 25.7 Å². The van der Waals surface area contributed by atoms with Crippen LogP contribution in [0.4, 0.5) is 0 Å². The monoisotopic (exact) mass is 254 g/mol. The van der Waals surface area contributed by atoms with E-state index in [4.69, 9.17) is 4.74 Å². The van der Waals surface area contributed by atoms with Gasteiger partial charge in [-0.1, -0.05) is 13.8 Å². The van der Waals surface area contributed by atoms with Crippen LogP contribution in [0, 0.1) is 23.7 Å². The van der Waals surface area contributed by atoms with Crippen molar-refractivity contribution in [1.82, 2.24) is 0 Å². The molecule has 2 aliphatic rings. The second kappa shape index (κ2) is 5.20. The molecule has 0 aromatic rings. The van der Waals surface area contributed by atoms with E-state index in [0.29, 0.717) is 17.8 Å². The number of ether oxygens (including phenoxy) is 1. The molecular weight excluding hydrogens is 228 g/mol. The zero-order valence-electron chi connectivity index (χ0n) is 11.8. The number of carbonyl (C=O) groups excluding carboxylic acids is 1. The molecule has 2 saturated carbocycles. The summed E-state index contributed by atoms with van der Waals surface area (Å²) in [5, 5.41) is 11.0. The molecule has 0 saturated heterocycles. The summed E-state index contributed by atoms with van der Waals surface area (Å²) in [4.78, 5) is 11.5. The van der Waals surface area contributed by atoms with Crippen LogP contribution in [0.2, 0.25) is 0 Å². The topological polar surface area (TPSA) is 46.5 Å². The highest BCUT2D eigenvalue weighted by Gasteiger charge is 2.51. The van der Waals surface area contributed by atoms with E-state index < -0.39 is 5.60 Å². The Kier molecular flexibility index (Phi) is 4.00. The van der Waals surface area contributed by atoms with Crippen molar-refractivity contribution in [3.05, 3.63) is 0 Å². The van der Waals surface area contributed by atoms with Crippen LogP contribution < -0.4 is 0 Å². The molecule has 3 nitrogen and oxygen atoms in total. The summed E-state index contributed by atoms with van der Waals surface area (Å²) < 4.78 is 4.82. The molecular formula is C15H26O3. The molecule has 0 amide bonds. The Balaban J connectivity index is 1.97. The molecule has 1 N–H and O–H groups in total. The lowest BCUT2D eigenvalue weighted by molar-refractivity contribution is -0.149. The lowest BCUT2D eigenvalue weighted by Crippen LogP contribution is -2.47. The second-order valence-corrected chi connectivity index (χ2v) is 6.39. The zero-order chi connectivity index (χ0) is 13.3. The number of methoxy groups -OCH3 is 1. The maximum atomic E-state index is 11.5. The first-order valence-corrected chi connectivity index (χ1v) is 7.30. The number of carbonyl (C=O) groups is 1. The Bertz CT molecular complexity index is 297. The van der Waals surface area contributed by atoms with Gasteiger partial charge in [0, 0.05) is 0 Å². The van der Waals surface area contributed by atoms with Crippen LogP contribution in [0.25, 0.3) is 0 Å². The van der Waals surface area contributed by atoms with Crippen LogP contribution in [0.5, 0.6) is 0 Å². The summed E-state index contributed by atoms with van der Waals surface area (Å²) >= 11 is 0. The Morgan fingerprint density at radius 1 is 1.11 bits per heavy atom. The number of hydrogen-bond acceptors (Lipinski definition) is 3. The van der Waals surface area contributed by atoms with Gasteiger partial charge in [0.1, 0.15) is 0 Å². The van der Waals surface area contributed by atoms with Gasteiger partial charge in [0.25, 0.3) is 0 Å². The summed E-state index contributed by atoms with van der Waals surface area (Å²) in [6, 6.07) is 0. The van der Waals surface area contributed by atoms with Gasteiger partial charge < -0.3 is 9.84 Å². The molecule has 0 heterocycles. The van der Waals surface area contributed by atoms with E-state index >= 15 is 0 Å². The Morgan fingerprint density at radius 3 is 1.89 bits per heavy atom. The fourth-order valence-electron chi connectivity index (χ4n) is 3.78. The van der Waals surface area contributed by atoms with E-state index in [1.807, 2.05) is 0 Å². The third kappa shape index (κ3) is 2.42. The Labute approximate surface area is 110 Å². The number of aliphatic hydroxyl groups is 1. The molecule has 0 spiro atoms. The predicted octanol–water partition coefficient (Wildman–Crippen LogP) is 2.76. The molecule has 104 valence electrons. The zero-order valence-corrected chi connectivity index (χ0v) is 11.8. The van der Waals surface area contributed by atoms with Crippen molar-refractivity contribution in [2.75, 3.05) is 7.11 Å². The van der Waals surface area contributed by atoms with Gasteiger partial charge in [0.05, 0.1) is 18.6 Å². The number of esters is 1. The third-order valence-electron chi connectivity index (χ3n) is 5.07. The van der Waals surface area contributed by atoms with Crippen LogP contribution in [0.1, 0.15) is 52.4 Å². The molecule has 0 aromatic heterocycles. The van der Waals surface area contributed by atoms with Gasteiger partial charge >= 0.3 is 5.97 Å². The maximum Gasteiger partial charge on any atom is 0.308 e. The van der Waals surface area contributed by atoms with Crippen LogP contribution in [-0.4, -0.2) is 23.8 Å². The van der Waals surface area contributed by atoms with Crippen molar-refractivity contribution in [2.24, 2.45) is 23.7 Å². The highest BCUT2D eigenvalue weighted by atomic mass is 16.5. The summed E-state index contributed by atoms with van der Waals surface area (Å²) in [6.45, 7) is 4.26. The minimum absolute atomic E-state index is 0.0573. The fraction of sp³-hybridized carbons (Fsp3) is 0.933. The van der Waals surface area contributed by atoms with Gasteiger partial charge in [-0.2, -0.15) is 0 Å². The molecule has 0 aromatic carbocycles. The Hall–Kier alpha value is -0.570. The van der Waals surface area contributed by atoms with Crippen molar-refractivity contribution in [1.29, 1.82) is 0 Å². The minimum Gasteiger partial charge on any atom is -0.469 e. The van der Waals surface area contributed by atoms with Crippen LogP contribution in [0.15, 0.2) is 0 Å². The SMILES string of the molecule is COC(=O)C1CCC(C(O)(C(C)C)C2CC2)CC1. The molecule has 3 heteroatoms. The molecule has 1 atom stereocenters. The van der Waals surface area contributed by atoms with Crippen molar-refractivity contribution in [3.63, 3.8) is 0 Å². The molecule has 2 aliphatic carbocycles. The first-order valence-electron chi connectivity index (χ1n) is 7.30. The van der Waals surface area contributed by atoms with E-state index in [2.05, 4.69) is 13.8 Å². The smallest absolute Gasteiger partial charge is 0.308 e. The first-order chi connectivity index (χ1) is 8.50. The van der Waals surface area contributed by atoms with E-state index in [9.17, 15) is 9.90 Å². The normalized spacial score (nSPS) is 32.1. The molecule has 1 unspecified atom stereocenters. The van der Waals surface area contributed by atoms with Gasteiger partial charge in [-0.05, 0) is 56.3 Å². The largest absolute Gasteiger partial charge is 0.469 e. The van der Waals surface area contributed by atoms with Crippen LogP contribution >= 0.6 is 0 Å². The molecule has 2 fully saturated rings. The standard InChI is InChI=1S/C15H26O3/c1-10(2)15(17,13-8-9-13)12-6-4-11(5-7-12)14(16)18-3/h10-13,17H,4-9H2,1-3H3. The van der Waals surface area contributed by atoms with Crippen LogP contribution in [-0.2, 0) is 9.53 Å². The van der Waals surface area contributed by atoms with Gasteiger partial charge in [-0.15, -0.1) is 0 Å². The van der Waals surface area contributed by atoms with Gasteiger partial charge in [-0.3, -0.25) is 4.79 Å². The average Bonchev–Trinajstić information content (AvgIpc) is 3.21. The van der Waals surface area contributed by atoms with Gasteiger partial charge in [0.15, 0.2) is 0 Å². The predicted molar refractivity (Wildman–Crippen MR) is 70.0 cm³/mol. The maximum absolute atomic E-state index is 11.5. The molecule has 2 rings (SSSR count). The highest BCUT2D eigenvalue weighted by Crippen LogP contribution is 2.51. The first kappa shape index (κ1) is 13.9. The second-order valence-electron chi connectivity index (χ2n) is 6.39. The van der Waals surface area contributed by atoms with Crippen molar-refractivity contribution in [2.45, 2.75) is 58.0 Å². The quantitative estimate of drug-likeness (QED) is 0.785. The molecule has 0 bridgehead atoms. The lowest BCUT2D eigenvalue weighted by Gasteiger charge is -2.43. The summed E-state index contributed by atoms with van der Waals surface area (Å²) in [6.07, 6.45) is 6.02. The van der Waals surface area contributed by atoms with Crippen molar-refractivity contribution < 1.29 is 14.6 Å². The van der Waals surface area contributed by atoms with Crippen LogP contribution in [0.3, 0.4) is 0 Å². The summed E-state index contributed by atoms with van der Waals surface area (Å²) in [5.41, 5.74) is -0.499. The van der Waals surface area contributed by atoms with E-state index in [1.54, 1.807) is 0 Å². The third-order valence-corrected chi connectivity index (χ3v) is 5.07. The van der Waals surface area contributed by atoms with E-state index in [-0.39, 0.29) is 11.9 Å². The molecule has 0 aliphatic heterocycles. The van der Waals surface area contributed by atoms with Gasteiger partial charge in [0.2, 0.25) is 0 Å². The fourth-order valence-corrected chi connectivity index (χ4v) is 3.78. The van der Waals surface area contributed by atoms with Crippen molar-refractivity contribution in [3.8, 4) is 0 Å². The van der Waals surface area contributed by atoms with Crippen molar-refractivity contribution >= 4 is 5.97 Å².